The Morgan fingerprint density at radius 2 is 0.805 bits per heavy atom. The molecule has 29 heteroatoms. The highest BCUT2D eigenvalue weighted by Crippen LogP contribution is 2.32. The number of piperidine rings is 2. The van der Waals surface area contributed by atoms with Crippen LogP contribution in [-0.2, 0) is 102 Å². The van der Waals surface area contributed by atoms with Gasteiger partial charge in [0, 0.05) is 52.1 Å². The van der Waals surface area contributed by atoms with Crippen LogP contribution in [0.2, 0.25) is 0 Å². The molecule has 8 fully saturated rings. The molecule has 0 saturated carbocycles. The zero-order chi connectivity index (χ0) is 81.1. The Morgan fingerprint density at radius 1 is 0.425 bits per heavy atom. The minimum Gasteiger partial charge on any atom is -0.458 e. The van der Waals surface area contributed by atoms with Crippen molar-refractivity contribution in [1.29, 1.82) is 0 Å². The summed E-state index contributed by atoms with van der Waals surface area (Å²) >= 11 is 0. The van der Waals surface area contributed by atoms with Gasteiger partial charge in [0.05, 0.1) is 12.8 Å². The van der Waals surface area contributed by atoms with Crippen LogP contribution in [0.1, 0.15) is 152 Å². The molecule has 8 aliphatic rings. The number of rotatable bonds is 14. The third kappa shape index (κ3) is 20.4. The predicted octanol–water partition coefficient (Wildman–Crippen LogP) is 3.76. The number of benzene rings is 4. The second kappa shape index (κ2) is 37.4. The van der Waals surface area contributed by atoms with Crippen molar-refractivity contribution in [3.63, 3.8) is 0 Å². The first-order chi connectivity index (χ1) is 54.0. The molecule has 8 saturated heterocycles. The summed E-state index contributed by atoms with van der Waals surface area (Å²) in [5.41, 5.74) is 4.71. The van der Waals surface area contributed by atoms with E-state index in [-0.39, 0.29) is 76.0 Å². The smallest absolute Gasteiger partial charge is 0.329 e. The van der Waals surface area contributed by atoms with E-state index >= 15 is 0 Å². The summed E-state index contributed by atoms with van der Waals surface area (Å²) in [7, 11) is 0. The first-order valence-corrected chi connectivity index (χ1v) is 39.9. The Hall–Kier alpha value is -10.6. The lowest BCUT2D eigenvalue weighted by Gasteiger charge is -2.39. The molecule has 8 aliphatic heterocycles. The van der Waals surface area contributed by atoms with Crippen LogP contribution < -0.4 is 31.9 Å². The fourth-order valence-corrected chi connectivity index (χ4v) is 16.9. The molecule has 4 aromatic carbocycles. The highest BCUT2D eigenvalue weighted by molar-refractivity contribution is 6.00. The Morgan fingerprint density at radius 3 is 1.22 bits per heavy atom. The van der Waals surface area contributed by atoms with E-state index in [2.05, 4.69) is 31.9 Å². The number of aryl methyl sites for hydroxylation is 2. The Bertz CT molecular complexity index is 4210. The van der Waals surface area contributed by atoms with Crippen LogP contribution in [0.3, 0.4) is 0 Å². The average Bonchev–Trinajstić information content (AvgIpc) is 1.76. The maximum Gasteiger partial charge on any atom is 0.329 e. The van der Waals surface area contributed by atoms with Gasteiger partial charge in [-0.15, -0.1) is 0 Å². The van der Waals surface area contributed by atoms with E-state index in [0.29, 0.717) is 94.8 Å². The van der Waals surface area contributed by atoms with Gasteiger partial charge in [-0.25, -0.2) is 14.0 Å². The average molecular weight is 1560 g/mol. The summed E-state index contributed by atoms with van der Waals surface area (Å²) in [5, 5.41) is 16.8. The van der Waals surface area contributed by atoms with E-state index in [0.717, 1.165) is 22.3 Å². The van der Waals surface area contributed by atoms with Crippen molar-refractivity contribution in [2.24, 2.45) is 11.8 Å². The molecule has 0 spiro atoms. The lowest BCUT2D eigenvalue weighted by Crippen LogP contribution is -2.63. The first-order valence-electron chi connectivity index (χ1n) is 39.9. The first kappa shape index (κ1) is 83.3. The van der Waals surface area contributed by atoms with Gasteiger partial charge in [-0.2, -0.15) is 0 Å². The standard InChI is InChI=1S/C42H53FN6O8.C42H54N6O8/c1-24-13-15-28(16-14-24)22-35(50)45-31(21-29-9-7-10-30(43)20-29)37(51)46-36-27(4)57-42(56)34-19-25(2)23-49(34)39(53)26(3)44-38(52)32-11-5-6-17-47(32)40(54)33-12-8-18-48(33)41(36)55;1-25-15-17-30(18-16-25)23-35(49)44-31(22-29-11-6-5-7-12-29)37(50)45-36-28(4)56-42(55)34-21-26(2)24-48(34)39(52)27(3)43-38(51)32-13-8-9-19-46(32)40(53)33-14-10-20-47(33)41(36)54/h7,9-10,13-16,20,25-27,31-34,36H,5-6,8,11-12,17-19,21-23H2,1-4H3,(H,44,52)(H,45,50)(H,46,51);5-7,11-12,15-18,26-28,31-34,36H,8-10,13-14,19-24H2,1-4H3,(H,43,51)(H,44,49)(H,45,50)/t25-,26+,27+,31+,32+,33+,34+,36+;26-,27+,28+,31+,32+,33+,34+,36+/m11/s1. The van der Waals surface area contributed by atoms with Gasteiger partial charge in [-0.3, -0.25) is 57.5 Å². The molecule has 6 N–H and O–H groups in total. The van der Waals surface area contributed by atoms with E-state index in [1.54, 1.807) is 32.0 Å². The molecule has 12 rings (SSSR count). The maximum atomic E-state index is 14.7. The van der Waals surface area contributed by atoms with Crippen molar-refractivity contribution in [2.45, 2.75) is 243 Å². The molecule has 0 unspecified atom stereocenters. The number of nitrogens with zero attached hydrogens (tertiary/aromatic N) is 6. The molecule has 16 atom stereocenters. The van der Waals surface area contributed by atoms with Gasteiger partial charge in [0.15, 0.2) is 0 Å². The van der Waals surface area contributed by atoms with Crippen LogP contribution in [0, 0.1) is 31.5 Å². The predicted molar refractivity (Wildman–Crippen MR) is 411 cm³/mol. The number of carbonyl (C=O) groups excluding carboxylic acids is 14. The fourth-order valence-electron chi connectivity index (χ4n) is 16.9. The number of esters is 2. The number of carbonyl (C=O) groups is 14. The fraction of sp³-hybridized carbons (Fsp3) is 0.548. The molecule has 0 radical (unpaired) electrons. The molecular formula is C84H107FN12O16. The Kier molecular flexibility index (Phi) is 27.5. The van der Waals surface area contributed by atoms with Gasteiger partial charge in [0.25, 0.3) is 0 Å². The van der Waals surface area contributed by atoms with E-state index < -0.39 is 167 Å². The van der Waals surface area contributed by atoms with Crippen molar-refractivity contribution in [1.82, 2.24) is 61.3 Å². The molecule has 113 heavy (non-hydrogen) atoms. The van der Waals surface area contributed by atoms with E-state index in [4.69, 9.17) is 9.47 Å². The number of fused-ring (bicyclic) bond motifs is 6. The van der Waals surface area contributed by atoms with Crippen LogP contribution in [0.15, 0.2) is 103 Å². The largest absolute Gasteiger partial charge is 0.458 e. The van der Waals surface area contributed by atoms with Crippen molar-refractivity contribution < 1.29 is 81.0 Å². The van der Waals surface area contributed by atoms with Crippen molar-refractivity contribution in [3.8, 4) is 0 Å². The number of nitrogens with one attached hydrogen (secondary N) is 6. The van der Waals surface area contributed by atoms with E-state index in [9.17, 15) is 71.5 Å². The lowest BCUT2D eigenvalue weighted by atomic mass is 9.99. The zero-order valence-electron chi connectivity index (χ0n) is 65.7. The van der Waals surface area contributed by atoms with E-state index in [1.807, 2.05) is 94.4 Å². The molecule has 0 aromatic heterocycles. The van der Waals surface area contributed by atoms with Crippen molar-refractivity contribution in [2.75, 3.05) is 39.3 Å². The molecular weight excluding hydrogens is 1450 g/mol. The van der Waals surface area contributed by atoms with Gasteiger partial charge in [0.2, 0.25) is 70.9 Å². The van der Waals surface area contributed by atoms with Crippen LogP contribution in [0.25, 0.3) is 0 Å². The van der Waals surface area contributed by atoms with Gasteiger partial charge >= 0.3 is 11.9 Å². The minimum atomic E-state index is -1.52. The molecule has 0 aliphatic carbocycles. The lowest BCUT2D eigenvalue weighted by molar-refractivity contribution is -0.163. The summed E-state index contributed by atoms with van der Waals surface area (Å²) in [5.74, 6) is -8.49. The number of hydrogen-bond donors (Lipinski definition) is 6. The third-order valence-electron chi connectivity index (χ3n) is 23.0. The zero-order valence-corrected chi connectivity index (χ0v) is 65.7. The Labute approximate surface area is 658 Å². The highest BCUT2D eigenvalue weighted by atomic mass is 19.1. The van der Waals surface area contributed by atoms with Crippen LogP contribution in [0.5, 0.6) is 0 Å². The summed E-state index contributed by atoms with van der Waals surface area (Å²) in [6.07, 6.45) is 3.21. The monoisotopic (exact) mass is 1560 g/mol. The van der Waals surface area contributed by atoms with Crippen molar-refractivity contribution >= 4 is 82.8 Å². The molecule has 8 heterocycles. The molecule has 28 nitrogen and oxygen atoms in total. The summed E-state index contributed by atoms with van der Waals surface area (Å²) in [6.45, 7) is 15.3. The maximum absolute atomic E-state index is 14.7. The number of amides is 12. The quantitative estimate of drug-likeness (QED) is 0.0979. The summed E-state index contributed by atoms with van der Waals surface area (Å²) in [4.78, 5) is 205. The van der Waals surface area contributed by atoms with Gasteiger partial charge < -0.3 is 70.8 Å². The van der Waals surface area contributed by atoms with Crippen LogP contribution >= 0.6 is 0 Å². The summed E-state index contributed by atoms with van der Waals surface area (Å²) < 4.78 is 26.2. The number of halogens is 1. The van der Waals surface area contributed by atoms with Crippen LogP contribution in [-0.4, -0.2) is 236 Å². The summed E-state index contributed by atoms with van der Waals surface area (Å²) in [6, 6.07) is 16.8. The normalized spacial score (nSPS) is 28.0. The Balaban J connectivity index is 0.000000223. The molecule has 4 aromatic rings. The van der Waals surface area contributed by atoms with E-state index in [1.165, 1.54) is 61.4 Å². The molecule has 606 valence electrons. The minimum absolute atomic E-state index is 0.0238. The van der Waals surface area contributed by atoms with Gasteiger partial charge in [0.1, 0.15) is 90.5 Å². The highest BCUT2D eigenvalue weighted by Gasteiger charge is 2.51. The van der Waals surface area contributed by atoms with Gasteiger partial charge in [-0.05, 0) is 165 Å². The number of hydrogen-bond acceptors (Lipinski definition) is 16. The molecule has 0 bridgehead atoms. The van der Waals surface area contributed by atoms with Crippen molar-refractivity contribution in [3.05, 3.63) is 142 Å². The van der Waals surface area contributed by atoms with Crippen LogP contribution in [0.4, 0.5) is 4.39 Å². The van der Waals surface area contributed by atoms with Gasteiger partial charge in [-0.1, -0.05) is 116 Å². The molecule has 12 amide bonds. The third-order valence-corrected chi connectivity index (χ3v) is 23.0. The SMILES string of the molecule is Cc1ccc(CC(=O)N[C@@H](Cc2cccc(F)c2)C(=O)N[C@@H]2C(=O)N3CCC[C@H]3C(=O)N3CCCC[C@H]3C(=O)N[C@@H](C)C(=O)N3C[C@H](C)C[C@H]3C(=O)O[C@H]2C)cc1.Cc1ccc(CC(=O)N[C@@H](Cc2ccccc2)C(=O)N[C@@H]2C(=O)N3CCC[C@H]3C(=O)N3CCCC[C@H]3C(=O)N[C@@H](C)C(=O)N3C[C@H](C)C[C@H]3C(=O)O[C@H]2C)cc1. The second-order valence-electron chi connectivity index (χ2n) is 32.0. The topological polar surface area (TPSA) is 349 Å². The second-order valence-corrected chi connectivity index (χ2v) is 32.0. The number of cyclic esters (lactones) is 2. The number of ether oxygens (including phenoxy) is 2.